The maximum atomic E-state index is 14.0. The van der Waals surface area contributed by atoms with Gasteiger partial charge in [0.25, 0.3) is 0 Å². The van der Waals surface area contributed by atoms with E-state index in [-0.39, 0.29) is 42.9 Å². The average molecular weight is 596 g/mol. The number of aliphatic hydroxyl groups excluding tert-OH is 1. The first-order valence-electron chi connectivity index (χ1n) is 13.2. The van der Waals surface area contributed by atoms with Gasteiger partial charge in [-0.3, -0.25) is 0 Å². The summed E-state index contributed by atoms with van der Waals surface area (Å²) < 4.78 is 78.9. The predicted molar refractivity (Wildman–Crippen MR) is 141 cm³/mol. The molecule has 2 N–H and O–H groups in total. The summed E-state index contributed by atoms with van der Waals surface area (Å²) in [6.45, 7) is 3.24. The van der Waals surface area contributed by atoms with E-state index in [0.29, 0.717) is 29.8 Å². The number of para-hydroxylation sites is 1. The zero-order valence-corrected chi connectivity index (χ0v) is 23.1. The molecule has 0 spiro atoms. The van der Waals surface area contributed by atoms with Gasteiger partial charge in [0.1, 0.15) is 30.0 Å². The lowest BCUT2D eigenvalue weighted by molar-refractivity contribution is -0.142. The van der Waals surface area contributed by atoms with Crippen molar-refractivity contribution in [2.75, 3.05) is 32.1 Å². The number of likely N-dealkylation sites (tertiary alicyclic amines) is 1. The number of ether oxygens (including phenoxy) is 2. The Bertz CT molecular complexity index is 1410. The van der Waals surface area contributed by atoms with Crippen LogP contribution in [0.15, 0.2) is 30.3 Å². The van der Waals surface area contributed by atoms with E-state index in [9.17, 15) is 31.9 Å². The molecule has 42 heavy (non-hydrogen) atoms. The van der Waals surface area contributed by atoms with E-state index in [1.54, 1.807) is 13.8 Å². The highest BCUT2D eigenvalue weighted by atomic mass is 19.4. The van der Waals surface area contributed by atoms with Crippen LogP contribution in [0.5, 0.6) is 11.9 Å². The van der Waals surface area contributed by atoms with E-state index >= 15 is 0 Å². The number of carbonyl (C=O) groups is 1. The zero-order chi connectivity index (χ0) is 30.6. The summed E-state index contributed by atoms with van der Waals surface area (Å²) >= 11 is 0. The van der Waals surface area contributed by atoms with Gasteiger partial charge in [0.05, 0.1) is 18.5 Å². The Morgan fingerprint density at radius 1 is 1.12 bits per heavy atom. The standard InChI is InChI=1S/C28H30F5N5O4/c1-4-16-8-9-21(35-25(16)28(31,32)33)42-14-20(39)22-15(2)34-26(41-3)36-23(22)17-10-12-38(13-11-17)27(40)37-24-18(29)6-5-7-19(24)30/h5-9,17,20,39H,4,10-14H2,1-3H3,(H,37,40). The Kier molecular flexibility index (Phi) is 9.44. The first-order valence-corrected chi connectivity index (χ1v) is 13.2. The molecular formula is C28H30F5N5O4. The number of amides is 2. The molecule has 14 heteroatoms. The maximum Gasteiger partial charge on any atom is 0.433 e. The fraction of sp³-hybridized carbons (Fsp3) is 0.429. The molecule has 2 amide bonds. The highest BCUT2D eigenvalue weighted by Crippen LogP contribution is 2.36. The van der Waals surface area contributed by atoms with Crippen LogP contribution < -0.4 is 14.8 Å². The van der Waals surface area contributed by atoms with E-state index < -0.39 is 47.9 Å². The van der Waals surface area contributed by atoms with Crippen LogP contribution in [0.2, 0.25) is 0 Å². The van der Waals surface area contributed by atoms with E-state index in [1.807, 2.05) is 0 Å². The average Bonchev–Trinajstić information content (AvgIpc) is 2.96. The number of methoxy groups -OCH3 is 1. The van der Waals surface area contributed by atoms with Crippen LogP contribution in [0.25, 0.3) is 0 Å². The number of rotatable bonds is 8. The lowest BCUT2D eigenvalue weighted by Crippen LogP contribution is -2.41. The number of aryl methyl sites for hydroxylation is 2. The number of anilines is 1. The number of hydrogen-bond acceptors (Lipinski definition) is 7. The number of piperidine rings is 1. The van der Waals surface area contributed by atoms with Crippen molar-refractivity contribution < 1.29 is 41.3 Å². The van der Waals surface area contributed by atoms with Gasteiger partial charge < -0.3 is 24.8 Å². The van der Waals surface area contributed by atoms with Crippen LogP contribution in [-0.2, 0) is 12.6 Å². The SMILES string of the molecule is CCc1ccc(OCC(O)c2c(C)nc(OC)nc2C2CCN(C(=O)Nc3c(F)cccc3F)CC2)nc1C(F)(F)F. The molecule has 3 aromatic rings. The van der Waals surface area contributed by atoms with Crippen molar-refractivity contribution in [3.63, 3.8) is 0 Å². The number of aliphatic hydroxyl groups is 1. The summed E-state index contributed by atoms with van der Waals surface area (Å²) in [6.07, 6.45) is -5.06. The van der Waals surface area contributed by atoms with Crippen LogP contribution in [0, 0.1) is 18.6 Å². The van der Waals surface area contributed by atoms with Gasteiger partial charge in [0.2, 0.25) is 5.88 Å². The molecule has 1 unspecified atom stereocenters. The molecule has 1 saturated heterocycles. The van der Waals surface area contributed by atoms with Crippen LogP contribution in [0.1, 0.15) is 60.0 Å². The third kappa shape index (κ3) is 6.86. The summed E-state index contributed by atoms with van der Waals surface area (Å²) in [6, 6.07) is 5.26. The summed E-state index contributed by atoms with van der Waals surface area (Å²) in [5, 5.41) is 13.4. The summed E-state index contributed by atoms with van der Waals surface area (Å²) in [5.41, 5.74) is -0.401. The molecule has 1 fully saturated rings. The number of benzene rings is 1. The van der Waals surface area contributed by atoms with E-state index in [0.717, 1.165) is 12.1 Å². The molecule has 4 rings (SSSR count). The number of hydrogen-bond donors (Lipinski definition) is 2. The maximum absolute atomic E-state index is 14.0. The molecular weight excluding hydrogens is 565 g/mol. The Morgan fingerprint density at radius 2 is 1.79 bits per heavy atom. The number of carbonyl (C=O) groups excluding carboxylic acids is 1. The number of nitrogens with zero attached hydrogens (tertiary/aromatic N) is 4. The van der Waals surface area contributed by atoms with Gasteiger partial charge in [-0.05, 0) is 43.9 Å². The zero-order valence-electron chi connectivity index (χ0n) is 23.1. The smallest absolute Gasteiger partial charge is 0.433 e. The third-order valence-corrected chi connectivity index (χ3v) is 7.02. The molecule has 1 aliphatic heterocycles. The number of halogens is 5. The minimum atomic E-state index is -4.66. The first kappa shape index (κ1) is 30.9. The minimum Gasteiger partial charge on any atom is -0.475 e. The largest absolute Gasteiger partial charge is 0.475 e. The third-order valence-electron chi connectivity index (χ3n) is 7.02. The monoisotopic (exact) mass is 595 g/mol. The Labute approximate surface area is 238 Å². The summed E-state index contributed by atoms with van der Waals surface area (Å²) in [7, 11) is 1.39. The van der Waals surface area contributed by atoms with E-state index in [1.165, 1.54) is 30.2 Å². The fourth-order valence-electron chi connectivity index (χ4n) is 4.88. The summed E-state index contributed by atoms with van der Waals surface area (Å²) in [4.78, 5) is 26.4. The van der Waals surface area contributed by atoms with E-state index in [4.69, 9.17) is 9.47 Å². The molecule has 0 radical (unpaired) electrons. The fourth-order valence-corrected chi connectivity index (χ4v) is 4.88. The number of nitrogens with one attached hydrogen (secondary N) is 1. The van der Waals surface area contributed by atoms with Crippen molar-refractivity contribution in [2.45, 2.75) is 51.3 Å². The molecule has 0 aliphatic carbocycles. The molecule has 1 aromatic carbocycles. The van der Waals surface area contributed by atoms with Gasteiger partial charge >= 0.3 is 18.2 Å². The predicted octanol–water partition coefficient (Wildman–Crippen LogP) is 5.57. The number of alkyl halides is 3. The quantitative estimate of drug-likeness (QED) is 0.328. The van der Waals surface area contributed by atoms with E-state index in [2.05, 4.69) is 20.3 Å². The van der Waals surface area contributed by atoms with Gasteiger partial charge in [-0.2, -0.15) is 18.2 Å². The molecule has 1 atom stereocenters. The second-order valence-corrected chi connectivity index (χ2v) is 9.72. The lowest BCUT2D eigenvalue weighted by Gasteiger charge is -2.33. The molecule has 3 heterocycles. The first-order chi connectivity index (χ1) is 19.9. The molecule has 9 nitrogen and oxygen atoms in total. The lowest BCUT2D eigenvalue weighted by atomic mass is 9.88. The second-order valence-electron chi connectivity index (χ2n) is 9.72. The van der Waals surface area contributed by atoms with Gasteiger partial charge in [0, 0.05) is 30.6 Å². The molecule has 2 aromatic heterocycles. The van der Waals surface area contributed by atoms with Crippen molar-refractivity contribution in [1.82, 2.24) is 19.9 Å². The number of urea groups is 1. The van der Waals surface area contributed by atoms with Crippen LogP contribution in [-0.4, -0.2) is 57.8 Å². The molecule has 0 saturated carbocycles. The normalized spacial score (nSPS) is 14.9. The second kappa shape index (κ2) is 12.8. The Morgan fingerprint density at radius 3 is 2.38 bits per heavy atom. The van der Waals surface area contributed by atoms with Crippen LogP contribution in [0.3, 0.4) is 0 Å². The van der Waals surface area contributed by atoms with Crippen LogP contribution in [0.4, 0.5) is 32.4 Å². The number of pyridine rings is 1. The van der Waals surface area contributed by atoms with Gasteiger partial charge in [-0.1, -0.05) is 19.1 Å². The Balaban J connectivity index is 1.49. The van der Waals surface area contributed by atoms with Crippen molar-refractivity contribution in [2.24, 2.45) is 0 Å². The number of aromatic nitrogens is 3. The van der Waals surface area contributed by atoms with Crippen molar-refractivity contribution in [1.29, 1.82) is 0 Å². The molecule has 0 bridgehead atoms. The highest BCUT2D eigenvalue weighted by Gasteiger charge is 2.36. The van der Waals surface area contributed by atoms with Crippen molar-refractivity contribution >= 4 is 11.7 Å². The van der Waals surface area contributed by atoms with Crippen molar-refractivity contribution in [3.05, 3.63) is 70.2 Å². The molecule has 226 valence electrons. The van der Waals surface area contributed by atoms with Crippen molar-refractivity contribution in [3.8, 4) is 11.9 Å². The van der Waals surface area contributed by atoms with Gasteiger partial charge in [-0.25, -0.2) is 23.5 Å². The highest BCUT2D eigenvalue weighted by molar-refractivity contribution is 5.89. The van der Waals surface area contributed by atoms with Crippen LogP contribution >= 0.6 is 0 Å². The topological polar surface area (TPSA) is 110 Å². The summed E-state index contributed by atoms with van der Waals surface area (Å²) in [5.74, 6) is -2.35. The van der Waals surface area contributed by atoms with Gasteiger partial charge in [-0.15, -0.1) is 0 Å². The minimum absolute atomic E-state index is 0.0242. The molecule has 1 aliphatic rings. The Hall–Kier alpha value is -4.07. The van der Waals surface area contributed by atoms with Gasteiger partial charge in [0.15, 0.2) is 5.69 Å².